The molecule has 1 fully saturated rings. The van der Waals surface area contributed by atoms with Crippen LogP contribution in [0.4, 0.5) is 0 Å². The summed E-state index contributed by atoms with van der Waals surface area (Å²) < 4.78 is 35.0. The van der Waals surface area contributed by atoms with E-state index in [1.54, 1.807) is 30.3 Å². The predicted octanol–water partition coefficient (Wildman–Crippen LogP) is 6.73. The number of hydrogen-bond donors (Lipinski definition) is 0. The van der Waals surface area contributed by atoms with E-state index < -0.39 is 10.0 Å². The highest BCUT2D eigenvalue weighted by molar-refractivity contribution is 7.90. The molecule has 0 bridgehead atoms. The average Bonchev–Trinajstić information content (AvgIpc) is 3.48. The number of benzene rings is 3. The normalized spacial score (nSPS) is 16.6. The molecule has 2 unspecified atom stereocenters. The van der Waals surface area contributed by atoms with Gasteiger partial charge < -0.3 is 4.74 Å². The van der Waals surface area contributed by atoms with Crippen LogP contribution in [0, 0.1) is 24.2 Å². The molecule has 0 radical (unpaired) electrons. The van der Waals surface area contributed by atoms with Crippen molar-refractivity contribution < 1.29 is 17.9 Å². The van der Waals surface area contributed by atoms with E-state index in [0.717, 1.165) is 16.5 Å². The fourth-order valence-electron chi connectivity index (χ4n) is 5.30. The highest BCUT2D eigenvalue weighted by Crippen LogP contribution is 2.50. The van der Waals surface area contributed by atoms with Gasteiger partial charge in [-0.2, -0.15) is 5.26 Å². The van der Waals surface area contributed by atoms with E-state index in [9.17, 15) is 18.5 Å². The van der Waals surface area contributed by atoms with Crippen molar-refractivity contribution in [2.24, 2.45) is 5.92 Å². The summed E-state index contributed by atoms with van der Waals surface area (Å²) in [5.41, 5.74) is 5.00. The third-order valence-electron chi connectivity index (χ3n) is 7.31. The van der Waals surface area contributed by atoms with Gasteiger partial charge in [-0.1, -0.05) is 54.1 Å². The van der Waals surface area contributed by atoms with Gasteiger partial charge in [-0.05, 0) is 60.5 Å². The molecule has 1 aliphatic rings. The zero-order valence-corrected chi connectivity index (χ0v) is 22.9. The molecule has 2 atom stereocenters. The Balaban J connectivity index is 1.67. The summed E-state index contributed by atoms with van der Waals surface area (Å²) in [4.78, 5) is 12.8. The first-order valence-corrected chi connectivity index (χ1v) is 14.8. The summed E-state index contributed by atoms with van der Waals surface area (Å²) in [6.07, 6.45) is 0.691. The molecule has 2 heterocycles. The van der Waals surface area contributed by atoms with Crippen LogP contribution in [-0.4, -0.2) is 25.5 Å². The smallest absolute Gasteiger partial charge is 0.309 e. The first-order valence-electron chi connectivity index (χ1n) is 12.5. The largest absolute Gasteiger partial charge is 0.469 e. The number of rotatable bonds is 6. The summed E-state index contributed by atoms with van der Waals surface area (Å²) in [6, 6.07) is 26.0. The lowest BCUT2D eigenvalue weighted by Gasteiger charge is -2.15. The second-order valence-corrected chi connectivity index (χ2v) is 12.4. The van der Waals surface area contributed by atoms with E-state index >= 15 is 0 Å². The Labute approximate surface area is 230 Å². The van der Waals surface area contributed by atoms with Crippen LogP contribution >= 0.6 is 11.3 Å². The second-order valence-electron chi connectivity index (χ2n) is 9.70. The maximum atomic E-state index is 14.3. The first-order chi connectivity index (χ1) is 18.8. The van der Waals surface area contributed by atoms with E-state index in [2.05, 4.69) is 6.07 Å². The Bertz CT molecular complexity index is 1890. The molecule has 194 valence electrons. The molecule has 0 aliphatic heterocycles. The van der Waals surface area contributed by atoms with Crippen molar-refractivity contribution in [3.63, 3.8) is 0 Å². The Morgan fingerprint density at radius 1 is 1.05 bits per heavy atom. The van der Waals surface area contributed by atoms with Crippen LogP contribution < -0.4 is 0 Å². The summed E-state index contributed by atoms with van der Waals surface area (Å²) in [7, 11) is -2.64. The second kappa shape index (κ2) is 9.53. The number of fused-ring (bicyclic) bond motifs is 1. The maximum Gasteiger partial charge on any atom is 0.309 e. The van der Waals surface area contributed by atoms with Crippen LogP contribution in [0.15, 0.2) is 89.1 Å². The van der Waals surface area contributed by atoms with Crippen molar-refractivity contribution in [1.29, 1.82) is 5.26 Å². The Kier molecular flexibility index (Phi) is 6.13. The molecule has 0 N–H and O–H groups in total. The van der Waals surface area contributed by atoms with Crippen molar-refractivity contribution in [1.82, 2.24) is 3.97 Å². The Morgan fingerprint density at radius 2 is 1.82 bits per heavy atom. The van der Waals surface area contributed by atoms with Crippen molar-refractivity contribution >= 4 is 38.2 Å². The van der Waals surface area contributed by atoms with Gasteiger partial charge >= 0.3 is 5.97 Å². The van der Waals surface area contributed by atoms with Crippen LogP contribution in [0.25, 0.3) is 33.3 Å². The Morgan fingerprint density at radius 3 is 2.56 bits per heavy atom. The molecule has 8 heteroatoms. The minimum atomic E-state index is -4.03. The zero-order chi connectivity index (χ0) is 27.3. The molecule has 6 nitrogen and oxygen atoms in total. The fraction of sp³-hybridized carbons (Fsp3) is 0.161. The zero-order valence-electron chi connectivity index (χ0n) is 21.3. The average molecular weight is 553 g/mol. The molecule has 0 spiro atoms. The molecule has 0 saturated heterocycles. The third-order valence-corrected chi connectivity index (χ3v) is 9.86. The first kappa shape index (κ1) is 25.1. The number of aryl methyl sites for hydroxylation is 1. The van der Waals surface area contributed by atoms with Gasteiger partial charge in [0.1, 0.15) is 10.9 Å². The Hall–Kier alpha value is -4.19. The predicted molar refractivity (Wildman–Crippen MR) is 152 cm³/mol. The lowest BCUT2D eigenvalue weighted by molar-refractivity contribution is -0.142. The number of methoxy groups -OCH3 is 1. The van der Waals surface area contributed by atoms with Gasteiger partial charge in [0.15, 0.2) is 0 Å². The van der Waals surface area contributed by atoms with Gasteiger partial charge in [0.2, 0.25) is 0 Å². The van der Waals surface area contributed by atoms with E-state index in [4.69, 9.17) is 4.74 Å². The molecule has 3 aromatic carbocycles. The van der Waals surface area contributed by atoms with Crippen molar-refractivity contribution in [3.05, 3.63) is 100 Å². The number of ether oxygens (including phenoxy) is 1. The van der Waals surface area contributed by atoms with Crippen LogP contribution in [0.2, 0.25) is 0 Å². The minimum Gasteiger partial charge on any atom is -0.469 e. The van der Waals surface area contributed by atoms with E-state index in [1.807, 2.05) is 60.8 Å². The number of nitrogens with zero attached hydrogens (tertiary/aromatic N) is 2. The lowest BCUT2D eigenvalue weighted by atomic mass is 9.97. The number of thiophene rings is 1. The van der Waals surface area contributed by atoms with Crippen molar-refractivity contribution in [3.8, 4) is 28.5 Å². The number of para-hydroxylation sites is 1. The van der Waals surface area contributed by atoms with E-state index in [1.165, 1.54) is 22.4 Å². The van der Waals surface area contributed by atoms with Crippen LogP contribution in [0.3, 0.4) is 0 Å². The molecular weight excluding hydrogens is 528 g/mol. The van der Waals surface area contributed by atoms with Crippen LogP contribution in [0.1, 0.15) is 28.3 Å². The monoisotopic (exact) mass is 552 g/mol. The number of carbonyl (C=O) groups is 1. The molecule has 0 amide bonds. The number of hydrogen-bond acceptors (Lipinski definition) is 6. The third kappa shape index (κ3) is 4.15. The summed E-state index contributed by atoms with van der Waals surface area (Å²) in [5.74, 6) is -0.420. The van der Waals surface area contributed by atoms with Crippen LogP contribution in [0.5, 0.6) is 0 Å². The molecule has 2 aromatic heterocycles. The van der Waals surface area contributed by atoms with Gasteiger partial charge in [0.25, 0.3) is 10.0 Å². The standard InChI is InChI=1S/C31H24N2O4S2/c1-19-10-12-22(13-11-19)39(35,36)33-27-9-4-3-8-23(27)29(24-14-15-38-28(24)18-32)30(33)21-7-5-6-20(16-21)25-17-26(25)31(34)37-2/h3-16,25-26H,17H2,1-2H3. The number of esters is 1. The summed E-state index contributed by atoms with van der Waals surface area (Å²) in [6.45, 7) is 1.91. The van der Waals surface area contributed by atoms with Gasteiger partial charge in [-0.3, -0.25) is 4.79 Å². The number of aromatic nitrogens is 1. The maximum absolute atomic E-state index is 14.3. The quantitative estimate of drug-likeness (QED) is 0.218. The molecular formula is C31H24N2O4S2. The molecule has 1 saturated carbocycles. The summed E-state index contributed by atoms with van der Waals surface area (Å²) >= 11 is 1.32. The van der Waals surface area contributed by atoms with Gasteiger partial charge in [-0.15, -0.1) is 11.3 Å². The van der Waals surface area contributed by atoms with Gasteiger partial charge in [0.05, 0.1) is 29.1 Å². The summed E-state index contributed by atoms with van der Waals surface area (Å²) in [5, 5.41) is 12.5. The molecule has 5 aromatic rings. The highest BCUT2D eigenvalue weighted by Gasteiger charge is 2.45. The van der Waals surface area contributed by atoms with Crippen molar-refractivity contribution in [2.75, 3.05) is 7.11 Å². The number of nitriles is 1. The fourth-order valence-corrected chi connectivity index (χ4v) is 7.53. The molecule has 39 heavy (non-hydrogen) atoms. The van der Waals surface area contributed by atoms with Gasteiger partial charge in [-0.25, -0.2) is 12.4 Å². The lowest BCUT2D eigenvalue weighted by Crippen LogP contribution is -2.14. The van der Waals surface area contributed by atoms with E-state index in [-0.39, 0.29) is 22.7 Å². The topological polar surface area (TPSA) is 89.2 Å². The minimum absolute atomic E-state index is 0.0169. The number of carbonyl (C=O) groups excluding carboxylic acids is 1. The van der Waals surface area contributed by atoms with Crippen molar-refractivity contribution in [2.45, 2.75) is 24.2 Å². The molecule has 6 rings (SSSR count). The van der Waals surface area contributed by atoms with Gasteiger partial charge in [0, 0.05) is 22.1 Å². The SMILES string of the molecule is COC(=O)C1CC1c1cccc(-c2c(-c3ccsc3C#N)c3ccccc3n2S(=O)(=O)c2ccc(C)cc2)c1. The van der Waals surface area contributed by atoms with Crippen LogP contribution in [-0.2, 0) is 19.6 Å². The molecule has 1 aliphatic carbocycles. The highest BCUT2D eigenvalue weighted by atomic mass is 32.2. The van der Waals surface area contributed by atoms with E-state index in [0.29, 0.717) is 39.2 Å².